The van der Waals surface area contributed by atoms with E-state index in [1.807, 2.05) is 0 Å². The Kier molecular flexibility index (Phi) is 5.83. The van der Waals surface area contributed by atoms with Crippen LogP contribution in [0.5, 0.6) is 0 Å². The van der Waals surface area contributed by atoms with E-state index in [-0.39, 0.29) is 0 Å². The largest absolute Gasteiger partial charge is 0.548 e. The minimum atomic E-state index is -1.41. The molecule has 1 atom stereocenters. The molecular formula is C13H23BrOSi. The van der Waals surface area contributed by atoms with Crippen LogP contribution in [0.4, 0.5) is 0 Å². The van der Waals surface area contributed by atoms with Crippen LogP contribution in [-0.4, -0.2) is 13.6 Å². The zero-order chi connectivity index (χ0) is 12.0. The normalized spacial score (nSPS) is 22.2. The van der Waals surface area contributed by atoms with Crippen molar-refractivity contribution < 1.29 is 4.43 Å². The lowest BCUT2D eigenvalue weighted by atomic mass is 9.92. The van der Waals surface area contributed by atoms with Crippen LogP contribution in [-0.2, 0) is 4.43 Å². The number of hydrogen-bond acceptors (Lipinski definition) is 1. The summed E-state index contributed by atoms with van der Waals surface area (Å²) in [5.41, 5.74) is 0. The van der Waals surface area contributed by atoms with Crippen LogP contribution in [0.2, 0.25) is 19.6 Å². The van der Waals surface area contributed by atoms with Gasteiger partial charge in [-0.05, 0) is 50.9 Å². The van der Waals surface area contributed by atoms with Crippen molar-refractivity contribution in [3.8, 4) is 0 Å². The number of alkyl halides is 1. The van der Waals surface area contributed by atoms with Crippen molar-refractivity contribution >= 4 is 24.2 Å². The summed E-state index contributed by atoms with van der Waals surface area (Å²) in [5.74, 6) is 1.94. The van der Waals surface area contributed by atoms with E-state index >= 15 is 0 Å². The Labute approximate surface area is 109 Å². The predicted octanol–water partition coefficient (Wildman–Crippen LogP) is 4.86. The van der Waals surface area contributed by atoms with Crippen molar-refractivity contribution in [2.24, 2.45) is 5.92 Å². The highest BCUT2D eigenvalue weighted by Crippen LogP contribution is 2.28. The van der Waals surface area contributed by atoms with Gasteiger partial charge in [0.25, 0.3) is 0 Å². The first kappa shape index (κ1) is 14.0. The molecule has 16 heavy (non-hydrogen) atoms. The first-order valence-electron chi connectivity index (χ1n) is 6.12. The minimum absolute atomic E-state index is 0.690. The molecule has 0 amide bonds. The standard InChI is InChI=1S/C13H23BrOSi/c1-16(2,3)15-13-9-6-8-12(11-13)7-4-5-10-14/h4-5,11-12H,6-10H2,1-3H3/b5-4+. The molecule has 0 fully saturated rings. The summed E-state index contributed by atoms with van der Waals surface area (Å²) in [6.07, 6.45) is 11.7. The van der Waals surface area contributed by atoms with E-state index in [2.05, 4.69) is 53.8 Å². The summed E-state index contributed by atoms with van der Waals surface area (Å²) >= 11 is 3.40. The van der Waals surface area contributed by atoms with Crippen LogP contribution in [0.15, 0.2) is 24.0 Å². The summed E-state index contributed by atoms with van der Waals surface area (Å²) in [4.78, 5) is 0. The monoisotopic (exact) mass is 302 g/mol. The second-order valence-electron chi connectivity index (χ2n) is 5.36. The van der Waals surface area contributed by atoms with Gasteiger partial charge in [0.15, 0.2) is 0 Å². The summed E-state index contributed by atoms with van der Waals surface area (Å²) in [5, 5.41) is 0.960. The molecule has 1 aliphatic rings. The maximum Gasteiger partial charge on any atom is 0.241 e. The average molecular weight is 303 g/mol. The van der Waals surface area contributed by atoms with Gasteiger partial charge in [-0.15, -0.1) is 0 Å². The molecule has 1 unspecified atom stereocenters. The van der Waals surface area contributed by atoms with Gasteiger partial charge < -0.3 is 4.43 Å². The number of allylic oxidation sites excluding steroid dienone is 4. The van der Waals surface area contributed by atoms with E-state index in [4.69, 9.17) is 4.43 Å². The van der Waals surface area contributed by atoms with Gasteiger partial charge in [0.1, 0.15) is 0 Å². The molecule has 1 nitrogen and oxygen atoms in total. The number of rotatable bonds is 5. The summed E-state index contributed by atoms with van der Waals surface area (Å²) in [7, 11) is -1.41. The molecule has 0 heterocycles. The smallest absolute Gasteiger partial charge is 0.241 e. The highest BCUT2D eigenvalue weighted by Gasteiger charge is 2.20. The SMILES string of the molecule is C[Si](C)(C)OC1=CC(C/C=C/CBr)CCC1. The molecule has 92 valence electrons. The van der Waals surface area contributed by atoms with Gasteiger partial charge in [-0.3, -0.25) is 0 Å². The topological polar surface area (TPSA) is 9.23 Å². The zero-order valence-electron chi connectivity index (χ0n) is 10.6. The fraction of sp³-hybridized carbons (Fsp3) is 0.692. The van der Waals surface area contributed by atoms with Gasteiger partial charge in [0.05, 0.1) is 5.76 Å². The molecule has 0 aromatic carbocycles. The zero-order valence-corrected chi connectivity index (χ0v) is 13.2. The van der Waals surface area contributed by atoms with Crippen molar-refractivity contribution in [2.45, 2.75) is 45.3 Å². The van der Waals surface area contributed by atoms with Crippen LogP contribution in [0, 0.1) is 5.92 Å². The van der Waals surface area contributed by atoms with Crippen molar-refractivity contribution in [3.05, 3.63) is 24.0 Å². The van der Waals surface area contributed by atoms with Crippen LogP contribution < -0.4 is 0 Å². The van der Waals surface area contributed by atoms with Crippen LogP contribution in [0.1, 0.15) is 25.7 Å². The summed E-state index contributed by atoms with van der Waals surface area (Å²) < 4.78 is 6.08. The Morgan fingerprint density at radius 2 is 2.19 bits per heavy atom. The Morgan fingerprint density at radius 1 is 1.44 bits per heavy atom. The van der Waals surface area contributed by atoms with E-state index in [1.54, 1.807) is 0 Å². The van der Waals surface area contributed by atoms with E-state index < -0.39 is 8.32 Å². The first-order valence-corrected chi connectivity index (χ1v) is 10.6. The van der Waals surface area contributed by atoms with Gasteiger partial charge in [-0.25, -0.2) is 0 Å². The molecule has 0 aliphatic heterocycles. The highest BCUT2D eigenvalue weighted by atomic mass is 79.9. The number of halogens is 1. The molecule has 1 aliphatic carbocycles. The second kappa shape index (κ2) is 6.65. The minimum Gasteiger partial charge on any atom is -0.548 e. The molecule has 0 saturated carbocycles. The fourth-order valence-corrected chi connectivity index (χ4v) is 3.19. The first-order chi connectivity index (χ1) is 7.51. The highest BCUT2D eigenvalue weighted by molar-refractivity contribution is 9.09. The lowest BCUT2D eigenvalue weighted by Crippen LogP contribution is -2.26. The quantitative estimate of drug-likeness (QED) is 0.400. The predicted molar refractivity (Wildman–Crippen MR) is 77.4 cm³/mol. The van der Waals surface area contributed by atoms with Gasteiger partial charge in [-0.1, -0.05) is 28.1 Å². The van der Waals surface area contributed by atoms with E-state index in [0.717, 1.165) is 18.2 Å². The maximum absolute atomic E-state index is 6.08. The molecule has 0 saturated heterocycles. The fourth-order valence-electron chi connectivity index (χ4n) is 1.97. The summed E-state index contributed by atoms with van der Waals surface area (Å²) in [6, 6.07) is 0. The third-order valence-electron chi connectivity index (χ3n) is 2.55. The van der Waals surface area contributed by atoms with E-state index in [0.29, 0.717) is 5.92 Å². The second-order valence-corrected chi connectivity index (χ2v) is 10.4. The van der Waals surface area contributed by atoms with Crippen molar-refractivity contribution in [3.63, 3.8) is 0 Å². The third kappa shape index (κ3) is 5.90. The van der Waals surface area contributed by atoms with Gasteiger partial charge in [-0.2, -0.15) is 0 Å². The van der Waals surface area contributed by atoms with Crippen molar-refractivity contribution in [2.75, 3.05) is 5.33 Å². The van der Waals surface area contributed by atoms with Gasteiger partial charge in [0, 0.05) is 11.8 Å². The number of hydrogen-bond donors (Lipinski definition) is 0. The summed E-state index contributed by atoms with van der Waals surface area (Å²) in [6.45, 7) is 6.76. The van der Waals surface area contributed by atoms with Crippen LogP contribution >= 0.6 is 15.9 Å². The Hall–Kier alpha value is -0.0231. The van der Waals surface area contributed by atoms with E-state index in [9.17, 15) is 0 Å². The molecular weight excluding hydrogens is 280 g/mol. The Bertz CT molecular complexity index is 266. The van der Waals surface area contributed by atoms with E-state index in [1.165, 1.54) is 18.6 Å². The Morgan fingerprint density at radius 3 is 2.81 bits per heavy atom. The van der Waals surface area contributed by atoms with Gasteiger partial charge in [0.2, 0.25) is 8.32 Å². The third-order valence-corrected chi connectivity index (χ3v) is 3.80. The van der Waals surface area contributed by atoms with Crippen LogP contribution in [0.3, 0.4) is 0 Å². The molecule has 0 bridgehead atoms. The lowest BCUT2D eigenvalue weighted by Gasteiger charge is -2.26. The van der Waals surface area contributed by atoms with Gasteiger partial charge >= 0.3 is 0 Å². The Balaban J connectivity index is 2.49. The van der Waals surface area contributed by atoms with Crippen molar-refractivity contribution in [1.29, 1.82) is 0 Å². The molecule has 0 aromatic heterocycles. The molecule has 0 spiro atoms. The molecule has 0 radical (unpaired) electrons. The molecule has 3 heteroatoms. The van der Waals surface area contributed by atoms with Crippen LogP contribution in [0.25, 0.3) is 0 Å². The maximum atomic E-state index is 6.08. The molecule has 0 N–H and O–H groups in total. The molecule has 1 rings (SSSR count). The molecule has 0 aromatic rings. The van der Waals surface area contributed by atoms with Crippen molar-refractivity contribution in [1.82, 2.24) is 0 Å². The average Bonchev–Trinajstić information content (AvgIpc) is 2.16. The lowest BCUT2D eigenvalue weighted by molar-refractivity contribution is 0.358.